The van der Waals surface area contributed by atoms with E-state index in [9.17, 15) is 4.79 Å². The van der Waals surface area contributed by atoms with E-state index in [0.717, 1.165) is 25.9 Å². The molecule has 4 N–H and O–H groups in total. The average Bonchev–Trinajstić information content (AvgIpc) is 2.34. The number of carbonyl (C=O) groups is 1. The molecule has 1 aliphatic heterocycles. The number of nitrogens with one attached hydrogen (secondary N) is 1. The van der Waals surface area contributed by atoms with Crippen molar-refractivity contribution in [2.75, 3.05) is 31.2 Å². The van der Waals surface area contributed by atoms with Gasteiger partial charge in [-0.05, 0) is 45.1 Å². The van der Waals surface area contributed by atoms with Crippen LogP contribution in [0.4, 0.5) is 11.4 Å². The highest BCUT2D eigenvalue weighted by molar-refractivity contribution is 5.97. The van der Waals surface area contributed by atoms with Crippen molar-refractivity contribution in [2.45, 2.75) is 18.9 Å². The maximum Gasteiger partial charge on any atom is 0.337 e. The summed E-state index contributed by atoms with van der Waals surface area (Å²) in [5.74, 6) is -0.947. The number of nitrogen functional groups attached to an aromatic ring is 1. The number of nitrogens with zero attached hydrogens (tertiary/aromatic N) is 1. The lowest BCUT2D eigenvalue weighted by Gasteiger charge is -2.30. The largest absolute Gasteiger partial charge is 0.478 e. The van der Waals surface area contributed by atoms with Gasteiger partial charge in [-0.25, -0.2) is 4.79 Å². The lowest BCUT2D eigenvalue weighted by atomic mass is 10.0. The minimum absolute atomic E-state index is 0.244. The Kier molecular flexibility index (Phi) is 3.72. The number of nitrogens with two attached hydrogens (primary N) is 1. The van der Waals surface area contributed by atoms with E-state index in [1.807, 2.05) is 0 Å². The Balaban J connectivity index is 2.15. The summed E-state index contributed by atoms with van der Waals surface area (Å²) in [6, 6.07) is 5.27. The second-order valence-electron chi connectivity index (χ2n) is 4.80. The van der Waals surface area contributed by atoms with Gasteiger partial charge in [-0.3, -0.25) is 0 Å². The molecule has 1 heterocycles. The molecule has 0 aliphatic carbocycles. The predicted molar refractivity (Wildman–Crippen MR) is 72.0 cm³/mol. The van der Waals surface area contributed by atoms with Gasteiger partial charge in [0.1, 0.15) is 0 Å². The Morgan fingerprint density at radius 1 is 1.44 bits per heavy atom. The van der Waals surface area contributed by atoms with Gasteiger partial charge in [0.2, 0.25) is 0 Å². The van der Waals surface area contributed by atoms with Gasteiger partial charge in [-0.2, -0.15) is 0 Å². The Hall–Kier alpha value is -1.75. The molecule has 1 aliphatic rings. The van der Waals surface area contributed by atoms with Crippen LogP contribution in [-0.4, -0.2) is 42.2 Å². The molecule has 1 saturated heterocycles. The van der Waals surface area contributed by atoms with Crippen LogP contribution in [0.5, 0.6) is 0 Å². The Bertz CT molecular complexity index is 440. The smallest absolute Gasteiger partial charge is 0.337 e. The zero-order valence-corrected chi connectivity index (χ0v) is 10.5. The van der Waals surface area contributed by atoms with E-state index in [0.29, 0.717) is 17.4 Å². The molecular weight excluding hydrogens is 230 g/mol. The van der Waals surface area contributed by atoms with Crippen molar-refractivity contribution >= 4 is 17.3 Å². The van der Waals surface area contributed by atoms with Gasteiger partial charge in [-0.1, -0.05) is 6.07 Å². The number of benzene rings is 1. The molecule has 0 radical (unpaired) electrons. The van der Waals surface area contributed by atoms with Crippen molar-refractivity contribution < 1.29 is 9.90 Å². The molecule has 98 valence electrons. The van der Waals surface area contributed by atoms with Crippen molar-refractivity contribution in [3.8, 4) is 0 Å². The maximum absolute atomic E-state index is 11.2. The first-order valence-corrected chi connectivity index (χ1v) is 6.15. The van der Waals surface area contributed by atoms with E-state index < -0.39 is 5.97 Å². The fourth-order valence-corrected chi connectivity index (χ4v) is 2.27. The van der Waals surface area contributed by atoms with Gasteiger partial charge in [0.05, 0.1) is 16.9 Å². The first kappa shape index (κ1) is 12.7. The summed E-state index contributed by atoms with van der Waals surface area (Å²) >= 11 is 0. The van der Waals surface area contributed by atoms with Crippen molar-refractivity contribution in [1.82, 2.24) is 4.90 Å². The number of hydrogen-bond donors (Lipinski definition) is 3. The Morgan fingerprint density at radius 2 is 2.11 bits per heavy atom. The zero-order valence-electron chi connectivity index (χ0n) is 10.5. The molecule has 0 unspecified atom stereocenters. The molecule has 2 rings (SSSR count). The maximum atomic E-state index is 11.2. The minimum atomic E-state index is -0.947. The summed E-state index contributed by atoms with van der Waals surface area (Å²) in [4.78, 5) is 13.4. The number of likely N-dealkylation sites (tertiary alicyclic amines) is 1. The first-order valence-electron chi connectivity index (χ1n) is 6.15. The van der Waals surface area contributed by atoms with E-state index in [1.54, 1.807) is 18.2 Å². The summed E-state index contributed by atoms with van der Waals surface area (Å²) in [7, 11) is 2.09. The molecule has 0 atom stereocenters. The molecule has 1 aromatic carbocycles. The van der Waals surface area contributed by atoms with Gasteiger partial charge < -0.3 is 21.1 Å². The number of anilines is 2. The van der Waals surface area contributed by atoms with Gasteiger partial charge in [-0.15, -0.1) is 0 Å². The normalized spacial score (nSPS) is 17.6. The van der Waals surface area contributed by atoms with Crippen molar-refractivity contribution in [3.05, 3.63) is 23.8 Å². The van der Waals surface area contributed by atoms with Gasteiger partial charge >= 0.3 is 5.97 Å². The molecule has 0 aromatic heterocycles. The summed E-state index contributed by atoms with van der Waals surface area (Å²) in [6.45, 7) is 2.04. The van der Waals surface area contributed by atoms with Crippen LogP contribution in [0.3, 0.4) is 0 Å². The predicted octanol–water partition coefficient (Wildman–Crippen LogP) is 1.47. The van der Waals surface area contributed by atoms with E-state index in [2.05, 4.69) is 17.3 Å². The molecule has 5 nitrogen and oxygen atoms in total. The van der Waals surface area contributed by atoms with Crippen LogP contribution in [0, 0.1) is 0 Å². The number of aromatic carboxylic acids is 1. The highest BCUT2D eigenvalue weighted by Gasteiger charge is 2.20. The highest BCUT2D eigenvalue weighted by atomic mass is 16.4. The fourth-order valence-electron chi connectivity index (χ4n) is 2.27. The van der Waals surface area contributed by atoms with Crippen molar-refractivity contribution in [2.24, 2.45) is 0 Å². The second kappa shape index (κ2) is 5.27. The third-order valence-corrected chi connectivity index (χ3v) is 3.39. The Morgan fingerprint density at radius 3 is 2.72 bits per heavy atom. The molecule has 1 aromatic rings. The average molecular weight is 249 g/mol. The molecule has 0 amide bonds. The lowest BCUT2D eigenvalue weighted by molar-refractivity contribution is 0.0698. The topological polar surface area (TPSA) is 78.6 Å². The lowest BCUT2D eigenvalue weighted by Crippen LogP contribution is -2.37. The zero-order chi connectivity index (χ0) is 13.1. The number of rotatable bonds is 3. The van der Waals surface area contributed by atoms with E-state index in [-0.39, 0.29) is 5.56 Å². The summed E-state index contributed by atoms with van der Waals surface area (Å²) in [5.41, 5.74) is 7.16. The van der Waals surface area contributed by atoms with Crippen LogP contribution < -0.4 is 11.1 Å². The van der Waals surface area contributed by atoms with E-state index in [1.165, 1.54) is 0 Å². The summed E-state index contributed by atoms with van der Waals surface area (Å²) < 4.78 is 0. The number of piperidine rings is 1. The van der Waals surface area contributed by atoms with Crippen LogP contribution in [0.2, 0.25) is 0 Å². The molecule has 5 heteroatoms. The van der Waals surface area contributed by atoms with E-state index in [4.69, 9.17) is 10.8 Å². The van der Waals surface area contributed by atoms with Crippen LogP contribution in [-0.2, 0) is 0 Å². The van der Waals surface area contributed by atoms with Crippen molar-refractivity contribution in [3.63, 3.8) is 0 Å². The number of carboxylic acid groups (broad SMARTS) is 1. The molecule has 0 bridgehead atoms. The first-order chi connectivity index (χ1) is 8.58. The number of para-hydroxylation sites is 1. The molecule has 0 saturated carbocycles. The van der Waals surface area contributed by atoms with Crippen LogP contribution in [0.25, 0.3) is 0 Å². The highest BCUT2D eigenvalue weighted by Crippen LogP contribution is 2.26. The molecule has 18 heavy (non-hydrogen) atoms. The summed E-state index contributed by atoms with van der Waals surface area (Å²) in [5, 5.41) is 12.4. The van der Waals surface area contributed by atoms with Crippen LogP contribution in [0.15, 0.2) is 18.2 Å². The monoisotopic (exact) mass is 249 g/mol. The number of carboxylic acids is 1. The van der Waals surface area contributed by atoms with Crippen LogP contribution >= 0.6 is 0 Å². The van der Waals surface area contributed by atoms with Crippen LogP contribution in [0.1, 0.15) is 23.2 Å². The molecular formula is C13H19N3O2. The third kappa shape index (κ3) is 2.73. The van der Waals surface area contributed by atoms with Gasteiger partial charge in [0.15, 0.2) is 0 Å². The minimum Gasteiger partial charge on any atom is -0.478 e. The van der Waals surface area contributed by atoms with Gasteiger partial charge in [0, 0.05) is 6.04 Å². The standard InChI is InChI=1S/C13H19N3O2/c1-16-7-5-9(6-8-16)15-12-10(13(17)18)3-2-4-11(12)14/h2-4,9,15H,5-8,14H2,1H3,(H,17,18). The quantitative estimate of drug-likeness (QED) is 0.707. The second-order valence-corrected chi connectivity index (χ2v) is 4.80. The Labute approximate surface area is 107 Å². The van der Waals surface area contributed by atoms with E-state index >= 15 is 0 Å². The molecule has 0 spiro atoms. The SMILES string of the molecule is CN1CCC(Nc2c(N)cccc2C(=O)O)CC1. The molecule has 1 fully saturated rings. The third-order valence-electron chi connectivity index (χ3n) is 3.39. The number of hydrogen-bond acceptors (Lipinski definition) is 4. The summed E-state index contributed by atoms with van der Waals surface area (Å²) in [6.07, 6.45) is 2.01. The van der Waals surface area contributed by atoms with Gasteiger partial charge in [0.25, 0.3) is 0 Å². The fraction of sp³-hybridized carbons (Fsp3) is 0.462. The van der Waals surface area contributed by atoms with Crippen molar-refractivity contribution in [1.29, 1.82) is 0 Å².